The van der Waals surface area contributed by atoms with E-state index in [0.717, 1.165) is 60.7 Å². The largest absolute Gasteiger partial charge is 0.453 e. The maximum absolute atomic E-state index is 6.16. The zero-order valence-electron chi connectivity index (χ0n) is 23.3. The number of hydrogen-bond donors (Lipinski definition) is 0. The van der Waals surface area contributed by atoms with Gasteiger partial charge in [-0.25, -0.2) is 24.9 Å². The summed E-state index contributed by atoms with van der Waals surface area (Å²) in [5.41, 5.74) is 8.19. The minimum absolute atomic E-state index is 0.617. The molecule has 0 aliphatic heterocycles. The SMILES string of the molecule is c1ccc(-c2nc(-c3ccccc3)nc(-c3ccc(-n4c5ccccc5c5ccc6oc7cncnc7c6c54)cc3)n2)cc1. The molecule has 44 heavy (non-hydrogen) atoms. The van der Waals surface area contributed by atoms with Gasteiger partial charge in [0.15, 0.2) is 23.1 Å². The van der Waals surface area contributed by atoms with Crippen LogP contribution in [0.1, 0.15) is 0 Å². The van der Waals surface area contributed by atoms with E-state index in [1.54, 1.807) is 12.5 Å². The fourth-order valence-electron chi connectivity index (χ4n) is 6.02. The molecule has 0 spiro atoms. The van der Waals surface area contributed by atoms with Gasteiger partial charge in [-0.15, -0.1) is 0 Å². The number of hydrogen-bond acceptors (Lipinski definition) is 6. The lowest BCUT2D eigenvalue weighted by molar-refractivity contribution is 0.666. The van der Waals surface area contributed by atoms with Crippen molar-refractivity contribution in [2.75, 3.05) is 0 Å². The van der Waals surface area contributed by atoms with Crippen molar-refractivity contribution in [1.82, 2.24) is 29.5 Å². The van der Waals surface area contributed by atoms with E-state index in [0.29, 0.717) is 23.1 Å². The van der Waals surface area contributed by atoms with Gasteiger partial charge in [0.25, 0.3) is 0 Å². The van der Waals surface area contributed by atoms with Gasteiger partial charge in [0.05, 0.1) is 22.6 Å². The Morgan fingerprint density at radius 2 is 1.14 bits per heavy atom. The third kappa shape index (κ3) is 3.80. The molecule has 0 radical (unpaired) electrons. The summed E-state index contributed by atoms with van der Waals surface area (Å²) in [5, 5.41) is 3.27. The summed E-state index contributed by atoms with van der Waals surface area (Å²) in [6, 6.07) is 41.0. The quantitative estimate of drug-likeness (QED) is 0.212. The van der Waals surface area contributed by atoms with Crippen molar-refractivity contribution >= 4 is 43.9 Å². The van der Waals surface area contributed by atoms with Crippen LogP contribution in [-0.4, -0.2) is 29.5 Å². The van der Waals surface area contributed by atoms with E-state index >= 15 is 0 Å². The molecule has 0 atom stereocenters. The second kappa shape index (κ2) is 9.68. The molecular formula is C37H22N6O. The number of rotatable bonds is 4. The van der Waals surface area contributed by atoms with E-state index in [1.165, 1.54) is 0 Å². The predicted octanol–water partition coefficient (Wildman–Crippen LogP) is 8.66. The molecule has 9 rings (SSSR count). The van der Waals surface area contributed by atoms with Crippen molar-refractivity contribution in [1.29, 1.82) is 0 Å². The Morgan fingerprint density at radius 1 is 0.523 bits per heavy atom. The molecule has 0 amide bonds. The second-order valence-electron chi connectivity index (χ2n) is 10.6. The fraction of sp³-hybridized carbons (Fsp3) is 0. The van der Waals surface area contributed by atoms with Gasteiger partial charge in [0, 0.05) is 33.2 Å². The Balaban J connectivity index is 1.25. The normalized spacial score (nSPS) is 11.6. The van der Waals surface area contributed by atoms with Crippen LogP contribution in [0.25, 0.3) is 83.7 Å². The first-order valence-corrected chi connectivity index (χ1v) is 14.3. The monoisotopic (exact) mass is 566 g/mol. The molecule has 9 aromatic rings. The third-order valence-electron chi connectivity index (χ3n) is 8.02. The van der Waals surface area contributed by atoms with Crippen molar-refractivity contribution in [3.63, 3.8) is 0 Å². The van der Waals surface area contributed by atoms with Crippen LogP contribution in [0.4, 0.5) is 0 Å². The second-order valence-corrected chi connectivity index (χ2v) is 10.6. The van der Waals surface area contributed by atoms with E-state index in [2.05, 4.69) is 69.1 Å². The highest BCUT2D eigenvalue weighted by atomic mass is 16.3. The van der Waals surface area contributed by atoms with Gasteiger partial charge in [-0.05, 0) is 42.5 Å². The summed E-state index contributed by atoms with van der Waals surface area (Å²) < 4.78 is 8.44. The van der Waals surface area contributed by atoms with Crippen LogP contribution in [0.2, 0.25) is 0 Å². The summed E-state index contributed by atoms with van der Waals surface area (Å²) in [7, 11) is 0. The van der Waals surface area contributed by atoms with Crippen molar-refractivity contribution < 1.29 is 4.42 Å². The smallest absolute Gasteiger partial charge is 0.172 e. The van der Waals surface area contributed by atoms with Gasteiger partial charge in [-0.3, -0.25) is 0 Å². The summed E-state index contributed by atoms with van der Waals surface area (Å²) in [5.74, 6) is 1.89. The van der Waals surface area contributed by atoms with Crippen molar-refractivity contribution in [3.05, 3.63) is 134 Å². The Morgan fingerprint density at radius 3 is 1.82 bits per heavy atom. The molecule has 4 heterocycles. The topological polar surface area (TPSA) is 82.5 Å². The highest BCUT2D eigenvalue weighted by Crippen LogP contribution is 2.40. The lowest BCUT2D eigenvalue weighted by Crippen LogP contribution is -2.00. The molecule has 0 bridgehead atoms. The molecule has 0 saturated carbocycles. The highest BCUT2D eigenvalue weighted by Gasteiger charge is 2.20. The number of furan rings is 1. The molecule has 0 aliphatic rings. The number of nitrogens with zero attached hydrogens (tertiary/aromatic N) is 6. The molecule has 4 aromatic heterocycles. The lowest BCUT2D eigenvalue weighted by Gasteiger charge is -2.11. The number of aromatic nitrogens is 6. The molecule has 7 heteroatoms. The van der Waals surface area contributed by atoms with Crippen LogP contribution < -0.4 is 0 Å². The Bertz CT molecular complexity index is 2430. The van der Waals surface area contributed by atoms with Gasteiger partial charge in [-0.1, -0.05) is 78.9 Å². The molecule has 0 unspecified atom stereocenters. The molecular weight excluding hydrogens is 544 g/mol. The molecule has 7 nitrogen and oxygen atoms in total. The number of para-hydroxylation sites is 1. The summed E-state index contributed by atoms with van der Waals surface area (Å²) in [4.78, 5) is 23.4. The Kier molecular flexibility index (Phi) is 5.36. The summed E-state index contributed by atoms with van der Waals surface area (Å²) >= 11 is 0. The highest BCUT2D eigenvalue weighted by molar-refractivity contribution is 6.23. The first-order chi connectivity index (χ1) is 21.8. The molecule has 0 fully saturated rings. The molecule has 0 N–H and O–H groups in total. The molecule has 0 aliphatic carbocycles. The van der Waals surface area contributed by atoms with E-state index in [1.807, 2.05) is 66.7 Å². The van der Waals surface area contributed by atoms with E-state index in [9.17, 15) is 0 Å². The molecule has 206 valence electrons. The van der Waals surface area contributed by atoms with Crippen LogP contribution in [0.3, 0.4) is 0 Å². The molecule has 5 aromatic carbocycles. The Labute approximate surface area is 251 Å². The zero-order valence-corrected chi connectivity index (χ0v) is 23.3. The predicted molar refractivity (Wildman–Crippen MR) is 173 cm³/mol. The maximum atomic E-state index is 6.16. The first kappa shape index (κ1) is 24.4. The Hall–Kier alpha value is -6.21. The zero-order chi connectivity index (χ0) is 29.0. The summed E-state index contributed by atoms with van der Waals surface area (Å²) in [6.45, 7) is 0. The minimum Gasteiger partial charge on any atom is -0.453 e. The van der Waals surface area contributed by atoms with Crippen molar-refractivity contribution in [2.24, 2.45) is 0 Å². The van der Waals surface area contributed by atoms with Crippen LogP contribution in [0.5, 0.6) is 0 Å². The van der Waals surface area contributed by atoms with E-state index < -0.39 is 0 Å². The molecule has 0 saturated heterocycles. The fourth-order valence-corrected chi connectivity index (χ4v) is 6.02. The van der Waals surface area contributed by atoms with Crippen molar-refractivity contribution in [2.45, 2.75) is 0 Å². The number of benzene rings is 5. The van der Waals surface area contributed by atoms with Gasteiger partial charge < -0.3 is 8.98 Å². The van der Waals surface area contributed by atoms with Crippen LogP contribution >= 0.6 is 0 Å². The van der Waals surface area contributed by atoms with Crippen LogP contribution in [-0.2, 0) is 0 Å². The van der Waals surface area contributed by atoms with Crippen LogP contribution in [0, 0.1) is 0 Å². The van der Waals surface area contributed by atoms with E-state index in [4.69, 9.17) is 19.4 Å². The number of fused-ring (bicyclic) bond motifs is 7. The standard InChI is InChI=1S/C37H22N6O/c1-3-9-23(10-4-1)35-40-36(24-11-5-2-6-12-24)42-37(41-35)25-15-17-26(18-16-25)43-29-14-8-7-13-27(29)28-19-20-30-32(34(28)43)33-31(44-30)21-38-22-39-33/h1-22H. The van der Waals surface area contributed by atoms with Gasteiger partial charge >= 0.3 is 0 Å². The van der Waals surface area contributed by atoms with E-state index in [-0.39, 0.29) is 0 Å². The third-order valence-corrected chi connectivity index (χ3v) is 8.02. The van der Waals surface area contributed by atoms with Gasteiger partial charge in [-0.2, -0.15) is 0 Å². The first-order valence-electron chi connectivity index (χ1n) is 14.3. The maximum Gasteiger partial charge on any atom is 0.172 e. The van der Waals surface area contributed by atoms with Gasteiger partial charge in [0.1, 0.15) is 17.4 Å². The minimum atomic E-state index is 0.617. The summed E-state index contributed by atoms with van der Waals surface area (Å²) in [6.07, 6.45) is 3.29. The van der Waals surface area contributed by atoms with Gasteiger partial charge in [0.2, 0.25) is 0 Å². The average molecular weight is 567 g/mol. The van der Waals surface area contributed by atoms with Crippen molar-refractivity contribution in [3.8, 4) is 39.9 Å². The lowest BCUT2D eigenvalue weighted by atomic mass is 10.1. The van der Waals surface area contributed by atoms with Crippen LogP contribution in [0.15, 0.2) is 138 Å². The average Bonchev–Trinajstić information content (AvgIpc) is 3.65.